The van der Waals surface area contributed by atoms with Crippen LogP contribution in [0.3, 0.4) is 0 Å². The summed E-state index contributed by atoms with van der Waals surface area (Å²) >= 11 is 0. The van der Waals surface area contributed by atoms with Gasteiger partial charge < -0.3 is 20.4 Å². The maximum atomic E-state index is 16.2. The molecule has 0 bridgehead atoms. The number of rotatable bonds is 0. The maximum absolute atomic E-state index is 16.2. The molecule has 0 aliphatic carbocycles. The quantitative estimate of drug-likeness (QED) is 0.703. The van der Waals surface area contributed by atoms with Crippen LogP contribution in [-0.2, 0) is 20.9 Å². The van der Waals surface area contributed by atoms with Crippen molar-refractivity contribution in [1.29, 1.82) is 0 Å². The molecule has 8 heteroatoms. The number of nitrogens with one attached hydrogen (secondary N) is 2. The first-order valence-electron chi connectivity index (χ1n) is 10.2. The zero-order valence-electron chi connectivity index (χ0n) is 15.8. The number of para-hydroxylation sites is 2. The zero-order chi connectivity index (χ0) is 20.4. The van der Waals surface area contributed by atoms with Crippen molar-refractivity contribution in [2.24, 2.45) is 0 Å². The van der Waals surface area contributed by atoms with Crippen molar-refractivity contribution >= 4 is 23.2 Å². The predicted molar refractivity (Wildman–Crippen MR) is 104 cm³/mol. The van der Waals surface area contributed by atoms with Gasteiger partial charge in [-0.25, -0.2) is 8.78 Å². The fraction of sp³-hybridized carbons (Fsp3) is 0.364. The average molecular weight is 408 g/mol. The van der Waals surface area contributed by atoms with Crippen LogP contribution in [0.25, 0.3) is 0 Å². The minimum Gasteiger partial charge on any atom is -0.362 e. The second-order valence-electron chi connectivity index (χ2n) is 8.84. The molecule has 0 radical (unpaired) electrons. The van der Waals surface area contributed by atoms with Gasteiger partial charge in [0.2, 0.25) is 11.8 Å². The third kappa shape index (κ3) is 1.64. The van der Waals surface area contributed by atoms with E-state index in [-0.39, 0.29) is 12.8 Å². The summed E-state index contributed by atoms with van der Waals surface area (Å²) < 4.78 is 32.3. The summed E-state index contributed by atoms with van der Waals surface area (Å²) in [5, 5.41) is 6.19. The molecule has 6 atom stereocenters. The van der Waals surface area contributed by atoms with E-state index < -0.39 is 47.6 Å². The van der Waals surface area contributed by atoms with Gasteiger partial charge in [0.15, 0.2) is 11.3 Å². The van der Waals surface area contributed by atoms with Crippen LogP contribution in [0.2, 0.25) is 0 Å². The lowest BCUT2D eigenvalue weighted by molar-refractivity contribution is -0.160. The smallest absolute Gasteiger partial charge is 0.248 e. The van der Waals surface area contributed by atoms with Gasteiger partial charge >= 0.3 is 0 Å². The molecule has 3 saturated heterocycles. The second-order valence-corrected chi connectivity index (χ2v) is 8.84. The van der Waals surface area contributed by atoms with Crippen molar-refractivity contribution in [2.45, 2.75) is 48.6 Å². The Kier molecular flexibility index (Phi) is 2.73. The molecule has 3 fully saturated rings. The van der Waals surface area contributed by atoms with Gasteiger partial charge in [0.05, 0.1) is 0 Å². The SMILES string of the molecule is O=C1[C@@H]2CC3(F)c4ccccc4NC3N2C(=O)[C@@H]2CC3(F)c4ccccc4NC3N12. The first-order chi connectivity index (χ1) is 14.4. The highest BCUT2D eigenvalue weighted by Gasteiger charge is 2.71. The number of nitrogens with zero attached hydrogens (tertiary/aromatic N) is 2. The molecule has 30 heavy (non-hydrogen) atoms. The Bertz CT molecular complexity index is 1070. The van der Waals surface area contributed by atoms with Crippen LogP contribution in [0, 0.1) is 0 Å². The van der Waals surface area contributed by atoms with Gasteiger partial charge in [0.1, 0.15) is 24.4 Å². The number of amides is 2. The Labute approximate surface area is 170 Å². The lowest BCUT2D eigenvalue weighted by atomic mass is 9.92. The van der Waals surface area contributed by atoms with Crippen molar-refractivity contribution in [3.05, 3.63) is 59.7 Å². The summed E-state index contributed by atoms with van der Waals surface area (Å²) in [7, 11) is 0. The Morgan fingerprint density at radius 3 is 1.57 bits per heavy atom. The summed E-state index contributed by atoms with van der Waals surface area (Å²) in [6, 6.07) is 12.1. The third-order valence-corrected chi connectivity index (χ3v) is 7.49. The van der Waals surface area contributed by atoms with E-state index in [1.54, 1.807) is 48.5 Å². The van der Waals surface area contributed by atoms with E-state index in [1.165, 1.54) is 9.80 Å². The van der Waals surface area contributed by atoms with Gasteiger partial charge in [-0.1, -0.05) is 36.4 Å². The topological polar surface area (TPSA) is 64.7 Å². The number of hydrogen-bond donors (Lipinski definition) is 2. The summed E-state index contributed by atoms with van der Waals surface area (Å²) in [5.41, 5.74) is -1.48. The molecule has 2 amide bonds. The molecule has 2 N–H and O–H groups in total. The summed E-state index contributed by atoms with van der Waals surface area (Å²) in [6.45, 7) is 0. The van der Waals surface area contributed by atoms with Gasteiger partial charge in [-0.15, -0.1) is 0 Å². The first-order valence-corrected chi connectivity index (χ1v) is 10.2. The zero-order valence-corrected chi connectivity index (χ0v) is 15.8. The molecule has 0 saturated carbocycles. The molecule has 5 heterocycles. The van der Waals surface area contributed by atoms with Crippen LogP contribution in [-0.4, -0.2) is 46.0 Å². The van der Waals surface area contributed by atoms with E-state index in [0.29, 0.717) is 22.5 Å². The number of hydrogen-bond acceptors (Lipinski definition) is 4. The predicted octanol–water partition coefficient (Wildman–Crippen LogP) is 2.43. The molecule has 2 aromatic carbocycles. The van der Waals surface area contributed by atoms with E-state index in [4.69, 9.17) is 0 Å². The molecule has 2 aromatic rings. The normalized spacial score (nSPS) is 39.5. The third-order valence-electron chi connectivity index (χ3n) is 7.49. The highest BCUT2D eigenvalue weighted by molar-refractivity contribution is 6.00. The van der Waals surface area contributed by atoms with Crippen LogP contribution in [0.15, 0.2) is 48.5 Å². The molecule has 5 aliphatic heterocycles. The van der Waals surface area contributed by atoms with Gasteiger partial charge in [-0.05, 0) is 12.1 Å². The molecule has 152 valence electrons. The van der Waals surface area contributed by atoms with Crippen molar-refractivity contribution < 1.29 is 18.4 Å². The Balaban J connectivity index is 1.31. The maximum Gasteiger partial charge on any atom is 0.248 e. The molecule has 0 aromatic heterocycles. The van der Waals surface area contributed by atoms with E-state index >= 15 is 8.78 Å². The highest BCUT2D eigenvalue weighted by atomic mass is 19.1. The van der Waals surface area contributed by atoms with Gasteiger partial charge in [0, 0.05) is 35.3 Å². The fourth-order valence-corrected chi connectivity index (χ4v) is 6.22. The van der Waals surface area contributed by atoms with Crippen molar-refractivity contribution in [3.8, 4) is 0 Å². The molecular formula is C22H18F2N4O2. The summed E-state index contributed by atoms with van der Waals surface area (Å²) in [4.78, 5) is 29.6. The summed E-state index contributed by atoms with van der Waals surface area (Å²) in [5.74, 6) is -0.787. The highest BCUT2D eigenvalue weighted by Crippen LogP contribution is 2.58. The number of carbonyl (C=O) groups is 2. The monoisotopic (exact) mass is 408 g/mol. The lowest BCUT2D eigenvalue weighted by Gasteiger charge is -2.42. The number of benzene rings is 2. The van der Waals surface area contributed by atoms with Crippen molar-refractivity contribution in [2.75, 3.05) is 10.6 Å². The van der Waals surface area contributed by atoms with Crippen molar-refractivity contribution in [3.63, 3.8) is 0 Å². The van der Waals surface area contributed by atoms with Crippen LogP contribution in [0.4, 0.5) is 20.2 Å². The molecule has 5 aliphatic rings. The van der Waals surface area contributed by atoms with Crippen LogP contribution in [0.1, 0.15) is 24.0 Å². The number of halogens is 2. The largest absolute Gasteiger partial charge is 0.362 e. The van der Waals surface area contributed by atoms with Gasteiger partial charge in [-0.3, -0.25) is 9.59 Å². The van der Waals surface area contributed by atoms with Crippen LogP contribution >= 0.6 is 0 Å². The Morgan fingerprint density at radius 2 is 1.13 bits per heavy atom. The van der Waals surface area contributed by atoms with Crippen molar-refractivity contribution in [1.82, 2.24) is 9.80 Å². The van der Waals surface area contributed by atoms with E-state index in [2.05, 4.69) is 10.6 Å². The van der Waals surface area contributed by atoms with E-state index in [1.807, 2.05) is 0 Å². The fourth-order valence-electron chi connectivity index (χ4n) is 6.22. The van der Waals surface area contributed by atoms with Crippen LogP contribution < -0.4 is 10.6 Å². The number of anilines is 2. The van der Waals surface area contributed by atoms with Gasteiger partial charge in [0.25, 0.3) is 0 Å². The molecule has 7 rings (SSSR count). The Hall–Kier alpha value is -3.16. The molecular weight excluding hydrogens is 390 g/mol. The molecule has 0 spiro atoms. The lowest BCUT2D eigenvalue weighted by Crippen LogP contribution is -2.65. The minimum absolute atomic E-state index is 0.131. The molecule has 4 unspecified atom stereocenters. The van der Waals surface area contributed by atoms with Gasteiger partial charge in [-0.2, -0.15) is 0 Å². The van der Waals surface area contributed by atoms with E-state index in [0.717, 1.165) is 0 Å². The second kappa shape index (κ2) is 4.94. The average Bonchev–Trinajstić information content (AvgIpc) is 3.39. The number of carbonyl (C=O) groups excluding carboxylic acids is 2. The number of piperazine rings is 1. The first kappa shape index (κ1) is 16.6. The minimum atomic E-state index is -1.84. The number of alkyl halides is 2. The number of fused-ring (bicyclic) bond motifs is 10. The summed E-state index contributed by atoms with van der Waals surface area (Å²) in [6.07, 6.45) is -2.16. The van der Waals surface area contributed by atoms with Crippen LogP contribution in [0.5, 0.6) is 0 Å². The van der Waals surface area contributed by atoms with E-state index in [9.17, 15) is 9.59 Å². The Morgan fingerprint density at radius 1 is 0.733 bits per heavy atom. The standard InChI is InChI=1S/C22H18F2N4O2/c23-21-9-15-17(29)28-16(10-22(24)12-6-2-4-8-14(12)26-20(22)28)18(30)27(15)19(21)25-13-7-3-1-5-11(13)21/h1-8,15-16,19-20,25-26H,9-10H2/t15-,16-,19?,20?,21?,22?/m0/s1. The molecule has 6 nitrogen and oxygen atoms in total.